The third kappa shape index (κ3) is 3.65. The number of hydrogen-bond donors (Lipinski definition) is 0. The maximum absolute atomic E-state index is 12.2. The molecule has 0 saturated carbocycles. The zero-order valence-corrected chi connectivity index (χ0v) is 11.8. The first-order chi connectivity index (χ1) is 10.9. The average molecular weight is 325 g/mol. The molecule has 0 aliphatic rings. The molecule has 10 heteroatoms. The van der Waals surface area contributed by atoms with Gasteiger partial charge in [-0.25, -0.2) is 0 Å². The Morgan fingerprint density at radius 3 is 2.74 bits per heavy atom. The third-order valence-corrected chi connectivity index (χ3v) is 2.81. The zero-order valence-electron chi connectivity index (χ0n) is 11.8. The second-order valence-electron chi connectivity index (χ2n) is 4.52. The summed E-state index contributed by atoms with van der Waals surface area (Å²) in [5.41, 5.74) is 0.316. The van der Waals surface area contributed by atoms with E-state index >= 15 is 0 Å². The van der Waals surface area contributed by atoms with Crippen LogP contribution in [0.3, 0.4) is 0 Å². The fraction of sp³-hybridized carbons (Fsp3) is 0.231. The molecule has 3 rings (SSSR count). The van der Waals surface area contributed by atoms with Crippen molar-refractivity contribution in [2.75, 3.05) is 0 Å². The van der Waals surface area contributed by atoms with E-state index in [-0.39, 0.29) is 12.4 Å². The molecule has 0 N–H and O–H groups in total. The van der Waals surface area contributed by atoms with Crippen molar-refractivity contribution in [1.82, 2.24) is 25.2 Å². The van der Waals surface area contributed by atoms with E-state index in [1.54, 1.807) is 13.1 Å². The molecule has 0 saturated heterocycles. The summed E-state index contributed by atoms with van der Waals surface area (Å²) in [5.74, 6) is 0.487. The molecule has 0 unspecified atom stereocenters. The molecule has 0 radical (unpaired) electrons. The van der Waals surface area contributed by atoms with Gasteiger partial charge in [0.15, 0.2) is 6.61 Å². The van der Waals surface area contributed by atoms with E-state index in [1.807, 2.05) is 0 Å². The largest absolute Gasteiger partial charge is 0.573 e. The summed E-state index contributed by atoms with van der Waals surface area (Å²) in [6, 6.07) is 5.44. The molecule has 1 aromatic carbocycles. The SMILES string of the molecule is Cn1nnc(COc2ccnc3cc(OC(F)(F)F)ccc23)n1. The fourth-order valence-corrected chi connectivity index (χ4v) is 1.95. The highest BCUT2D eigenvalue weighted by atomic mass is 19.4. The molecule has 0 fully saturated rings. The van der Waals surface area contributed by atoms with E-state index in [0.29, 0.717) is 22.5 Å². The molecule has 0 spiro atoms. The smallest absolute Gasteiger partial charge is 0.485 e. The first-order valence-corrected chi connectivity index (χ1v) is 6.41. The number of ether oxygens (including phenoxy) is 2. The van der Waals surface area contributed by atoms with Crippen molar-refractivity contribution < 1.29 is 22.6 Å². The molecule has 3 aromatic rings. The molecular weight excluding hydrogens is 315 g/mol. The van der Waals surface area contributed by atoms with Crippen LogP contribution in [0.25, 0.3) is 10.9 Å². The van der Waals surface area contributed by atoms with Crippen LogP contribution in [0.2, 0.25) is 0 Å². The van der Waals surface area contributed by atoms with Gasteiger partial charge in [-0.1, -0.05) is 0 Å². The topological polar surface area (TPSA) is 75.0 Å². The maximum atomic E-state index is 12.2. The van der Waals surface area contributed by atoms with Crippen molar-refractivity contribution in [2.45, 2.75) is 13.0 Å². The minimum atomic E-state index is -4.75. The standard InChI is InChI=1S/C13H10F3N5O2/c1-21-19-12(18-20-21)7-22-11-4-5-17-10-6-8(2-3-9(10)11)23-13(14,15)16/h2-6H,7H2,1H3. The number of alkyl halides is 3. The fourth-order valence-electron chi connectivity index (χ4n) is 1.95. The highest BCUT2D eigenvalue weighted by Gasteiger charge is 2.31. The van der Waals surface area contributed by atoms with Crippen molar-refractivity contribution >= 4 is 10.9 Å². The second kappa shape index (κ2) is 5.71. The Hall–Kier alpha value is -2.91. The number of hydrogen-bond acceptors (Lipinski definition) is 6. The first kappa shape index (κ1) is 15.0. The van der Waals surface area contributed by atoms with Crippen LogP contribution in [0.4, 0.5) is 13.2 Å². The van der Waals surface area contributed by atoms with E-state index in [2.05, 4.69) is 25.1 Å². The molecule has 0 aliphatic heterocycles. The van der Waals surface area contributed by atoms with Gasteiger partial charge in [0.05, 0.1) is 12.6 Å². The van der Waals surface area contributed by atoms with E-state index in [4.69, 9.17) is 4.74 Å². The minimum Gasteiger partial charge on any atom is -0.485 e. The lowest BCUT2D eigenvalue weighted by molar-refractivity contribution is -0.274. The van der Waals surface area contributed by atoms with Crippen LogP contribution in [0.5, 0.6) is 11.5 Å². The number of benzene rings is 1. The normalized spacial score (nSPS) is 11.7. The predicted molar refractivity (Wildman–Crippen MR) is 71.6 cm³/mol. The van der Waals surface area contributed by atoms with Gasteiger partial charge < -0.3 is 9.47 Å². The van der Waals surface area contributed by atoms with Gasteiger partial charge in [-0.05, 0) is 23.4 Å². The van der Waals surface area contributed by atoms with Gasteiger partial charge in [-0.3, -0.25) is 4.98 Å². The van der Waals surface area contributed by atoms with Gasteiger partial charge in [-0.2, -0.15) is 4.80 Å². The zero-order chi connectivity index (χ0) is 16.4. The molecular formula is C13H10F3N5O2. The van der Waals surface area contributed by atoms with E-state index in [0.717, 1.165) is 0 Å². The van der Waals surface area contributed by atoms with Crippen LogP contribution in [-0.4, -0.2) is 31.6 Å². The number of pyridine rings is 1. The summed E-state index contributed by atoms with van der Waals surface area (Å²) in [4.78, 5) is 5.31. The van der Waals surface area contributed by atoms with Gasteiger partial charge >= 0.3 is 6.36 Å². The van der Waals surface area contributed by atoms with Gasteiger partial charge in [0.25, 0.3) is 0 Å². The highest BCUT2D eigenvalue weighted by molar-refractivity contribution is 5.85. The second-order valence-corrected chi connectivity index (χ2v) is 4.52. The van der Waals surface area contributed by atoms with Crippen molar-refractivity contribution in [3.05, 3.63) is 36.3 Å². The maximum Gasteiger partial charge on any atom is 0.573 e. The average Bonchev–Trinajstić information content (AvgIpc) is 2.88. The lowest BCUT2D eigenvalue weighted by Gasteiger charge is -2.11. The summed E-state index contributed by atoms with van der Waals surface area (Å²) in [6.07, 6.45) is -3.32. The van der Waals surface area contributed by atoms with Gasteiger partial charge in [0.1, 0.15) is 11.5 Å². The van der Waals surface area contributed by atoms with Crippen LogP contribution in [0.15, 0.2) is 30.5 Å². The Balaban J connectivity index is 1.83. The predicted octanol–water partition coefficient (Wildman–Crippen LogP) is 2.24. The molecule has 0 atom stereocenters. The van der Waals surface area contributed by atoms with Crippen LogP contribution < -0.4 is 9.47 Å². The molecule has 0 bridgehead atoms. The lowest BCUT2D eigenvalue weighted by atomic mass is 10.2. The summed E-state index contributed by atoms with van der Waals surface area (Å²) < 4.78 is 46.2. The van der Waals surface area contributed by atoms with Gasteiger partial charge in [0.2, 0.25) is 5.82 Å². The van der Waals surface area contributed by atoms with E-state index in [1.165, 1.54) is 29.2 Å². The Bertz CT molecular complexity index is 834. The molecule has 7 nitrogen and oxygen atoms in total. The molecule has 2 aromatic heterocycles. The van der Waals surface area contributed by atoms with Crippen molar-refractivity contribution in [3.63, 3.8) is 0 Å². The molecule has 23 heavy (non-hydrogen) atoms. The summed E-state index contributed by atoms with van der Waals surface area (Å²) in [5, 5.41) is 12.0. The Morgan fingerprint density at radius 1 is 1.22 bits per heavy atom. The van der Waals surface area contributed by atoms with Crippen LogP contribution in [0.1, 0.15) is 5.82 Å². The van der Waals surface area contributed by atoms with Crippen molar-refractivity contribution in [3.8, 4) is 11.5 Å². The van der Waals surface area contributed by atoms with Gasteiger partial charge in [0, 0.05) is 17.6 Å². The number of aromatic nitrogens is 5. The van der Waals surface area contributed by atoms with E-state index in [9.17, 15) is 13.2 Å². The minimum absolute atomic E-state index is 0.0771. The Labute approximate surface area is 127 Å². The van der Waals surface area contributed by atoms with Crippen LogP contribution >= 0.6 is 0 Å². The van der Waals surface area contributed by atoms with Crippen molar-refractivity contribution in [2.24, 2.45) is 7.05 Å². The van der Waals surface area contributed by atoms with Crippen molar-refractivity contribution in [1.29, 1.82) is 0 Å². The molecule has 0 amide bonds. The molecule has 2 heterocycles. The highest BCUT2D eigenvalue weighted by Crippen LogP contribution is 2.30. The number of nitrogens with zero attached hydrogens (tertiary/aromatic N) is 5. The Kier molecular flexibility index (Phi) is 3.72. The van der Waals surface area contributed by atoms with Crippen LogP contribution in [-0.2, 0) is 13.7 Å². The summed E-state index contributed by atoms with van der Waals surface area (Å²) >= 11 is 0. The monoisotopic (exact) mass is 325 g/mol. The number of tetrazole rings is 1. The first-order valence-electron chi connectivity index (χ1n) is 6.41. The number of halogens is 3. The van der Waals surface area contributed by atoms with Crippen LogP contribution in [0, 0.1) is 0 Å². The number of aryl methyl sites for hydroxylation is 1. The van der Waals surface area contributed by atoms with E-state index < -0.39 is 6.36 Å². The third-order valence-electron chi connectivity index (χ3n) is 2.81. The summed E-state index contributed by atoms with van der Waals surface area (Å²) in [6.45, 7) is 0.0771. The lowest BCUT2D eigenvalue weighted by Crippen LogP contribution is -2.17. The number of rotatable bonds is 4. The molecule has 0 aliphatic carbocycles. The summed E-state index contributed by atoms with van der Waals surface area (Å²) in [7, 11) is 1.63. The quantitative estimate of drug-likeness (QED) is 0.732. The molecule has 120 valence electrons. The number of fused-ring (bicyclic) bond motifs is 1. The van der Waals surface area contributed by atoms with Gasteiger partial charge in [-0.15, -0.1) is 23.4 Å². The Morgan fingerprint density at radius 2 is 2.04 bits per heavy atom.